The zero-order valence-corrected chi connectivity index (χ0v) is 12.5. The first-order valence-corrected chi connectivity index (χ1v) is 8.34. The molecule has 0 amide bonds. The molecule has 0 spiro atoms. The summed E-state index contributed by atoms with van der Waals surface area (Å²) in [5.74, 6) is 0.760. The summed E-state index contributed by atoms with van der Waals surface area (Å²) in [4.78, 5) is 2.11. The van der Waals surface area contributed by atoms with Crippen LogP contribution in [0.5, 0.6) is 0 Å². The van der Waals surface area contributed by atoms with Crippen molar-refractivity contribution in [3.63, 3.8) is 0 Å². The molecule has 0 saturated carbocycles. The molecule has 0 heterocycles. The second-order valence-corrected chi connectivity index (χ2v) is 7.41. The van der Waals surface area contributed by atoms with E-state index in [0.717, 1.165) is 12.2 Å². The van der Waals surface area contributed by atoms with Crippen LogP contribution in [0, 0.1) is 0 Å². The first kappa shape index (κ1) is 15.0. The van der Waals surface area contributed by atoms with Crippen LogP contribution in [0.15, 0.2) is 24.3 Å². The topological polar surface area (TPSA) is 37.4 Å². The Hall–Kier alpha value is -1.03. The molecule has 102 valence electrons. The fourth-order valence-corrected chi connectivity index (χ4v) is 2.47. The van der Waals surface area contributed by atoms with Gasteiger partial charge in [-0.25, -0.2) is 8.42 Å². The van der Waals surface area contributed by atoms with E-state index in [9.17, 15) is 8.42 Å². The fourth-order valence-electron chi connectivity index (χ4n) is 1.81. The summed E-state index contributed by atoms with van der Waals surface area (Å²) in [5.41, 5.74) is 2.46. The van der Waals surface area contributed by atoms with Crippen LogP contribution >= 0.6 is 0 Å². The molecule has 0 atom stereocenters. The third kappa shape index (κ3) is 5.08. The highest BCUT2D eigenvalue weighted by atomic mass is 32.2. The van der Waals surface area contributed by atoms with Gasteiger partial charge in [0.25, 0.3) is 0 Å². The molecule has 0 fully saturated rings. The number of anilines is 1. The van der Waals surface area contributed by atoms with E-state index in [0.29, 0.717) is 12.3 Å². The van der Waals surface area contributed by atoms with Crippen molar-refractivity contribution in [1.29, 1.82) is 0 Å². The minimum Gasteiger partial charge on any atom is -0.375 e. The third-order valence-corrected chi connectivity index (χ3v) is 4.02. The summed E-state index contributed by atoms with van der Waals surface area (Å²) < 4.78 is 22.1. The molecule has 1 rings (SSSR count). The van der Waals surface area contributed by atoms with Gasteiger partial charge in [0.15, 0.2) is 0 Å². The average molecular weight is 269 g/mol. The lowest BCUT2D eigenvalue weighted by atomic mass is 10.0. The number of benzene rings is 1. The summed E-state index contributed by atoms with van der Waals surface area (Å²) in [6.07, 6.45) is 1.95. The van der Waals surface area contributed by atoms with Gasteiger partial charge in [-0.2, -0.15) is 0 Å². The van der Waals surface area contributed by atoms with Crippen LogP contribution in [0.3, 0.4) is 0 Å². The maximum absolute atomic E-state index is 11.1. The standard InChI is InChI=1S/C14H23NO2S/c1-12(2)13-7-5-8-14(11-13)15(3)9-6-10-18(4,16)17/h5,7-8,11-12H,6,9-10H2,1-4H3. The molecular formula is C14H23NO2S. The highest BCUT2D eigenvalue weighted by molar-refractivity contribution is 7.90. The zero-order chi connectivity index (χ0) is 13.8. The highest BCUT2D eigenvalue weighted by Gasteiger charge is 2.06. The van der Waals surface area contributed by atoms with Crippen LogP contribution in [0.4, 0.5) is 5.69 Å². The minimum absolute atomic E-state index is 0.251. The Kier molecular flexibility index (Phi) is 5.20. The van der Waals surface area contributed by atoms with E-state index in [1.807, 2.05) is 7.05 Å². The molecule has 0 aliphatic rings. The number of nitrogens with zero attached hydrogens (tertiary/aromatic N) is 1. The van der Waals surface area contributed by atoms with E-state index in [-0.39, 0.29) is 5.75 Å². The van der Waals surface area contributed by atoms with Gasteiger partial charge in [0, 0.05) is 25.5 Å². The van der Waals surface area contributed by atoms with Gasteiger partial charge in [0.05, 0.1) is 5.75 Å². The predicted molar refractivity (Wildman–Crippen MR) is 78.1 cm³/mol. The number of hydrogen-bond donors (Lipinski definition) is 0. The molecule has 18 heavy (non-hydrogen) atoms. The summed E-state index contributed by atoms with van der Waals surface area (Å²) >= 11 is 0. The Bertz CT molecular complexity index is 480. The lowest BCUT2D eigenvalue weighted by molar-refractivity contribution is 0.599. The van der Waals surface area contributed by atoms with Crippen LogP contribution in [0.1, 0.15) is 31.7 Å². The van der Waals surface area contributed by atoms with Crippen molar-refractivity contribution in [3.8, 4) is 0 Å². The number of hydrogen-bond acceptors (Lipinski definition) is 3. The van der Waals surface area contributed by atoms with Gasteiger partial charge in [-0.15, -0.1) is 0 Å². The van der Waals surface area contributed by atoms with Crippen molar-refractivity contribution in [2.24, 2.45) is 0 Å². The maximum Gasteiger partial charge on any atom is 0.147 e. The Morgan fingerprint density at radius 3 is 2.50 bits per heavy atom. The van der Waals surface area contributed by atoms with Gasteiger partial charge in [0.1, 0.15) is 9.84 Å². The summed E-state index contributed by atoms with van der Waals surface area (Å²) in [6.45, 7) is 5.10. The third-order valence-electron chi connectivity index (χ3n) is 2.99. The normalized spacial score (nSPS) is 11.8. The van der Waals surface area contributed by atoms with Crippen molar-refractivity contribution in [3.05, 3.63) is 29.8 Å². The first-order valence-electron chi connectivity index (χ1n) is 6.28. The van der Waals surface area contributed by atoms with Crippen LogP contribution in [-0.2, 0) is 9.84 Å². The smallest absolute Gasteiger partial charge is 0.147 e. The number of sulfone groups is 1. The Morgan fingerprint density at radius 2 is 1.94 bits per heavy atom. The van der Waals surface area contributed by atoms with E-state index in [1.165, 1.54) is 11.8 Å². The van der Waals surface area contributed by atoms with Crippen LogP contribution < -0.4 is 4.90 Å². The Balaban J connectivity index is 2.61. The maximum atomic E-state index is 11.1. The molecule has 0 saturated heterocycles. The molecule has 3 nitrogen and oxygen atoms in total. The molecule has 0 aromatic heterocycles. The molecule has 0 aliphatic heterocycles. The quantitative estimate of drug-likeness (QED) is 0.797. The first-order chi connectivity index (χ1) is 8.29. The molecule has 0 radical (unpaired) electrons. The highest BCUT2D eigenvalue weighted by Crippen LogP contribution is 2.20. The largest absolute Gasteiger partial charge is 0.375 e. The zero-order valence-electron chi connectivity index (χ0n) is 11.7. The molecule has 0 aliphatic carbocycles. The number of rotatable bonds is 6. The van der Waals surface area contributed by atoms with Crippen molar-refractivity contribution < 1.29 is 8.42 Å². The summed E-state index contributed by atoms with van der Waals surface area (Å²) in [5, 5.41) is 0. The van der Waals surface area contributed by atoms with E-state index < -0.39 is 9.84 Å². The molecular weight excluding hydrogens is 246 g/mol. The molecule has 0 bridgehead atoms. The Labute approximate surface area is 111 Å². The van der Waals surface area contributed by atoms with Crippen LogP contribution in [-0.4, -0.2) is 34.0 Å². The van der Waals surface area contributed by atoms with Crippen LogP contribution in [0.2, 0.25) is 0 Å². The molecule has 4 heteroatoms. The average Bonchev–Trinajstić information content (AvgIpc) is 2.27. The summed E-state index contributed by atoms with van der Waals surface area (Å²) in [6, 6.07) is 8.41. The van der Waals surface area contributed by atoms with Gasteiger partial charge in [-0.3, -0.25) is 0 Å². The lowest BCUT2D eigenvalue weighted by Crippen LogP contribution is -2.21. The Morgan fingerprint density at radius 1 is 1.28 bits per heavy atom. The predicted octanol–water partition coefficient (Wildman–Crippen LogP) is 2.68. The van der Waals surface area contributed by atoms with E-state index in [4.69, 9.17) is 0 Å². The molecule has 1 aromatic carbocycles. The van der Waals surface area contributed by atoms with Crippen LogP contribution in [0.25, 0.3) is 0 Å². The monoisotopic (exact) mass is 269 g/mol. The van der Waals surface area contributed by atoms with Crippen molar-refractivity contribution in [2.45, 2.75) is 26.2 Å². The molecule has 0 unspecified atom stereocenters. The van der Waals surface area contributed by atoms with Gasteiger partial charge in [-0.1, -0.05) is 26.0 Å². The van der Waals surface area contributed by atoms with Crippen molar-refractivity contribution in [2.75, 3.05) is 30.5 Å². The summed E-state index contributed by atoms with van der Waals surface area (Å²) in [7, 11) is -0.849. The van der Waals surface area contributed by atoms with Gasteiger partial charge in [-0.05, 0) is 30.0 Å². The molecule has 0 N–H and O–H groups in total. The second-order valence-electron chi connectivity index (χ2n) is 5.15. The lowest BCUT2D eigenvalue weighted by Gasteiger charge is -2.20. The van der Waals surface area contributed by atoms with Gasteiger partial charge in [0.2, 0.25) is 0 Å². The van der Waals surface area contributed by atoms with E-state index in [2.05, 4.69) is 43.0 Å². The fraction of sp³-hybridized carbons (Fsp3) is 0.571. The van der Waals surface area contributed by atoms with Gasteiger partial charge >= 0.3 is 0 Å². The van der Waals surface area contributed by atoms with Crippen molar-refractivity contribution >= 4 is 15.5 Å². The SMILES string of the molecule is CC(C)c1cccc(N(C)CCCS(C)(=O)=O)c1. The van der Waals surface area contributed by atoms with E-state index >= 15 is 0 Å². The molecule has 1 aromatic rings. The van der Waals surface area contributed by atoms with Gasteiger partial charge < -0.3 is 4.90 Å². The second kappa shape index (κ2) is 6.23. The van der Waals surface area contributed by atoms with E-state index in [1.54, 1.807) is 0 Å². The minimum atomic E-state index is -2.85. The van der Waals surface area contributed by atoms with Crippen molar-refractivity contribution in [1.82, 2.24) is 0 Å².